The highest BCUT2D eigenvalue weighted by Gasteiger charge is 2.37. The highest BCUT2D eigenvalue weighted by Crippen LogP contribution is 2.26. The Morgan fingerprint density at radius 1 is 1.00 bits per heavy atom. The van der Waals surface area contributed by atoms with Crippen molar-refractivity contribution < 1.29 is 28.3 Å². The minimum Gasteiger partial charge on any atom is -0.465 e. The summed E-state index contributed by atoms with van der Waals surface area (Å²) < 4.78 is 19.9. The predicted octanol–water partition coefficient (Wildman–Crippen LogP) is 3.69. The number of rotatable bonds is 4. The number of nitrogens with one attached hydrogen (secondary N) is 1. The minimum atomic E-state index is -0.913. The first-order valence-electron chi connectivity index (χ1n) is 10.3. The molecule has 34 heavy (non-hydrogen) atoms. The fraction of sp³-hybridized carbons (Fsp3) is 0.120. The number of methoxy groups -OCH3 is 1. The van der Waals surface area contributed by atoms with Gasteiger partial charge in [-0.05, 0) is 74.0 Å². The number of urea groups is 1. The number of esters is 1. The number of carbonyl (C=O) groups is 4. The normalized spacial score (nSPS) is 15.0. The van der Waals surface area contributed by atoms with Crippen molar-refractivity contribution in [3.63, 3.8) is 0 Å². The Balaban J connectivity index is 1.75. The fourth-order valence-corrected chi connectivity index (χ4v) is 3.86. The van der Waals surface area contributed by atoms with E-state index in [1.54, 1.807) is 31.2 Å². The Morgan fingerprint density at radius 3 is 2.38 bits per heavy atom. The van der Waals surface area contributed by atoms with E-state index in [1.807, 2.05) is 17.6 Å². The van der Waals surface area contributed by atoms with Gasteiger partial charge < -0.3 is 9.30 Å². The van der Waals surface area contributed by atoms with Gasteiger partial charge in [0.1, 0.15) is 11.4 Å². The van der Waals surface area contributed by atoms with E-state index in [0.717, 1.165) is 22.7 Å². The maximum absolute atomic E-state index is 13.3. The number of imide groups is 2. The third-order valence-electron chi connectivity index (χ3n) is 5.48. The molecule has 1 aromatic heterocycles. The van der Waals surface area contributed by atoms with Gasteiger partial charge in [-0.2, -0.15) is 0 Å². The Morgan fingerprint density at radius 2 is 1.71 bits per heavy atom. The standard InChI is InChI=1S/C25H20FN3O5/c1-14-11-17(15(2)28(14)20-6-4-5-16(12-20)24(32)34-3)13-21-22(30)27-25(33)29(23(21)31)19-9-7-18(26)8-10-19/h4-13H,1-3H3,(H,27,30,33)/b21-13-. The summed E-state index contributed by atoms with van der Waals surface area (Å²) in [5, 5.41) is 2.15. The molecule has 0 saturated carbocycles. The van der Waals surface area contributed by atoms with Crippen LogP contribution in [0.4, 0.5) is 14.9 Å². The molecule has 0 unspecified atom stereocenters. The van der Waals surface area contributed by atoms with Crippen molar-refractivity contribution in [2.24, 2.45) is 0 Å². The molecular formula is C25H20FN3O5. The molecule has 3 aromatic rings. The van der Waals surface area contributed by atoms with Crippen LogP contribution in [0.15, 0.2) is 60.2 Å². The zero-order valence-corrected chi connectivity index (χ0v) is 18.6. The molecule has 2 aromatic carbocycles. The molecule has 2 heterocycles. The van der Waals surface area contributed by atoms with Crippen LogP contribution in [0.1, 0.15) is 27.3 Å². The van der Waals surface area contributed by atoms with Crippen molar-refractivity contribution in [3.05, 3.63) is 88.5 Å². The van der Waals surface area contributed by atoms with E-state index in [0.29, 0.717) is 22.5 Å². The zero-order valence-electron chi connectivity index (χ0n) is 18.6. The average Bonchev–Trinajstić information content (AvgIpc) is 3.09. The second kappa shape index (κ2) is 8.78. The summed E-state index contributed by atoms with van der Waals surface area (Å²) >= 11 is 0. The Labute approximate surface area is 194 Å². The maximum atomic E-state index is 13.3. The Bertz CT molecular complexity index is 1370. The van der Waals surface area contributed by atoms with Crippen molar-refractivity contribution >= 4 is 35.6 Å². The van der Waals surface area contributed by atoms with Crippen molar-refractivity contribution in [3.8, 4) is 5.69 Å². The van der Waals surface area contributed by atoms with Crippen LogP contribution in [-0.4, -0.2) is 35.5 Å². The first-order chi connectivity index (χ1) is 16.2. The van der Waals surface area contributed by atoms with Crippen LogP contribution >= 0.6 is 0 Å². The molecule has 1 aliphatic rings. The van der Waals surface area contributed by atoms with Gasteiger partial charge in [-0.1, -0.05) is 6.07 Å². The molecule has 1 saturated heterocycles. The van der Waals surface area contributed by atoms with Crippen LogP contribution in [-0.2, 0) is 14.3 Å². The number of aryl methyl sites for hydroxylation is 1. The maximum Gasteiger partial charge on any atom is 0.337 e. The molecule has 4 rings (SSSR count). The number of barbiturate groups is 1. The van der Waals surface area contributed by atoms with Crippen molar-refractivity contribution in [1.82, 2.24) is 9.88 Å². The third kappa shape index (κ3) is 3.99. The topological polar surface area (TPSA) is 97.7 Å². The van der Waals surface area contributed by atoms with Crippen LogP contribution in [0.5, 0.6) is 0 Å². The van der Waals surface area contributed by atoms with Gasteiger partial charge in [0.05, 0.1) is 18.4 Å². The molecular weight excluding hydrogens is 441 g/mol. The third-order valence-corrected chi connectivity index (χ3v) is 5.48. The molecule has 0 bridgehead atoms. The van der Waals surface area contributed by atoms with Gasteiger partial charge in [-0.25, -0.2) is 18.9 Å². The highest BCUT2D eigenvalue weighted by atomic mass is 19.1. The van der Waals surface area contributed by atoms with Gasteiger partial charge in [0.2, 0.25) is 0 Å². The number of nitrogens with zero attached hydrogens (tertiary/aromatic N) is 2. The summed E-state index contributed by atoms with van der Waals surface area (Å²) in [6, 6.07) is 12.5. The second-order valence-electron chi connectivity index (χ2n) is 7.64. The number of aromatic nitrogens is 1. The summed E-state index contributed by atoms with van der Waals surface area (Å²) in [5.74, 6) is -2.64. The van der Waals surface area contributed by atoms with Crippen LogP contribution in [0.2, 0.25) is 0 Å². The molecule has 1 fully saturated rings. The average molecular weight is 461 g/mol. The first-order valence-corrected chi connectivity index (χ1v) is 10.3. The van der Waals surface area contributed by atoms with Gasteiger partial charge in [0.15, 0.2) is 0 Å². The fourth-order valence-electron chi connectivity index (χ4n) is 3.86. The summed E-state index contributed by atoms with van der Waals surface area (Å²) in [6.45, 7) is 3.65. The van der Waals surface area contributed by atoms with E-state index in [-0.39, 0.29) is 11.3 Å². The quantitative estimate of drug-likeness (QED) is 0.363. The van der Waals surface area contributed by atoms with Crippen LogP contribution in [0, 0.1) is 19.7 Å². The summed E-state index contributed by atoms with van der Waals surface area (Å²) in [5.41, 5.74) is 3.04. The smallest absolute Gasteiger partial charge is 0.337 e. The molecule has 9 heteroatoms. The van der Waals surface area contributed by atoms with Gasteiger partial charge in [-0.3, -0.25) is 14.9 Å². The van der Waals surface area contributed by atoms with Crippen LogP contribution in [0.25, 0.3) is 11.8 Å². The van der Waals surface area contributed by atoms with Gasteiger partial charge in [0, 0.05) is 17.1 Å². The molecule has 1 N–H and O–H groups in total. The number of hydrogen-bond donors (Lipinski definition) is 1. The second-order valence-corrected chi connectivity index (χ2v) is 7.64. The number of halogens is 1. The van der Waals surface area contributed by atoms with E-state index in [2.05, 4.69) is 5.32 Å². The lowest BCUT2D eigenvalue weighted by atomic mass is 10.1. The monoisotopic (exact) mass is 461 g/mol. The molecule has 4 amide bonds. The molecule has 0 aliphatic carbocycles. The van der Waals surface area contributed by atoms with Crippen LogP contribution in [0.3, 0.4) is 0 Å². The van der Waals surface area contributed by atoms with E-state index < -0.39 is 29.6 Å². The summed E-state index contributed by atoms with van der Waals surface area (Å²) in [4.78, 5) is 50.6. The zero-order chi connectivity index (χ0) is 24.6. The van der Waals surface area contributed by atoms with E-state index in [9.17, 15) is 23.6 Å². The van der Waals surface area contributed by atoms with Crippen LogP contribution < -0.4 is 10.2 Å². The SMILES string of the molecule is COC(=O)c1cccc(-n2c(C)cc(/C=C3/C(=O)NC(=O)N(c4ccc(F)cc4)C3=O)c2C)c1. The Hall–Kier alpha value is -4.53. The number of hydrogen-bond acceptors (Lipinski definition) is 5. The lowest BCUT2D eigenvalue weighted by Gasteiger charge is -2.26. The van der Waals surface area contributed by atoms with Crippen molar-refractivity contribution in [2.75, 3.05) is 12.0 Å². The molecule has 0 radical (unpaired) electrons. The molecule has 8 nitrogen and oxygen atoms in total. The number of benzene rings is 2. The predicted molar refractivity (Wildman–Crippen MR) is 122 cm³/mol. The minimum absolute atomic E-state index is 0.132. The number of anilines is 1. The largest absolute Gasteiger partial charge is 0.465 e. The molecule has 172 valence electrons. The first kappa shape index (κ1) is 22.7. The molecule has 0 atom stereocenters. The van der Waals surface area contributed by atoms with E-state index >= 15 is 0 Å². The lowest BCUT2D eigenvalue weighted by Crippen LogP contribution is -2.54. The molecule has 0 spiro atoms. The lowest BCUT2D eigenvalue weighted by molar-refractivity contribution is -0.122. The van der Waals surface area contributed by atoms with Gasteiger partial charge >= 0.3 is 12.0 Å². The summed E-state index contributed by atoms with van der Waals surface area (Å²) in [6.07, 6.45) is 1.41. The van der Waals surface area contributed by atoms with E-state index in [4.69, 9.17) is 4.74 Å². The van der Waals surface area contributed by atoms with Crippen molar-refractivity contribution in [2.45, 2.75) is 13.8 Å². The van der Waals surface area contributed by atoms with Gasteiger partial charge in [0.25, 0.3) is 11.8 Å². The highest BCUT2D eigenvalue weighted by molar-refractivity contribution is 6.39. The van der Waals surface area contributed by atoms with Gasteiger partial charge in [-0.15, -0.1) is 0 Å². The summed E-state index contributed by atoms with van der Waals surface area (Å²) in [7, 11) is 1.30. The van der Waals surface area contributed by atoms with E-state index in [1.165, 1.54) is 25.3 Å². The van der Waals surface area contributed by atoms with Crippen molar-refractivity contribution in [1.29, 1.82) is 0 Å². The number of ether oxygens (including phenoxy) is 1. The number of carbonyl (C=O) groups excluding carboxylic acids is 4. The Kier molecular flexibility index (Phi) is 5.85. The molecule has 1 aliphatic heterocycles. The number of amides is 4.